The lowest BCUT2D eigenvalue weighted by atomic mass is 10.1. The molecule has 0 unspecified atom stereocenters. The van der Waals surface area contributed by atoms with Crippen molar-refractivity contribution in [1.82, 2.24) is 10.3 Å². The van der Waals surface area contributed by atoms with Crippen LogP contribution in [-0.2, 0) is 0 Å². The minimum atomic E-state index is -0.191. The smallest absolute Gasteiger partial charge is 0.254 e. The summed E-state index contributed by atoms with van der Waals surface area (Å²) in [6.45, 7) is 1.94. The summed E-state index contributed by atoms with van der Waals surface area (Å²) in [5.41, 5.74) is 1.40. The Balaban J connectivity index is 2.24. The molecule has 0 aliphatic heterocycles. The van der Waals surface area contributed by atoms with Gasteiger partial charge in [0.2, 0.25) is 0 Å². The van der Waals surface area contributed by atoms with E-state index in [4.69, 9.17) is 0 Å². The summed E-state index contributed by atoms with van der Waals surface area (Å²) < 4.78 is 0. The molecule has 1 aromatic carbocycles. The lowest BCUT2D eigenvalue weighted by Gasteiger charge is -2.17. The van der Waals surface area contributed by atoms with Crippen molar-refractivity contribution in [2.24, 2.45) is 0 Å². The fourth-order valence-corrected chi connectivity index (χ4v) is 1.92. The van der Waals surface area contributed by atoms with Crippen molar-refractivity contribution in [1.29, 1.82) is 0 Å². The third-order valence-electron chi connectivity index (χ3n) is 3.00. The van der Waals surface area contributed by atoms with Crippen LogP contribution in [0.3, 0.4) is 0 Å². The Morgan fingerprint density at radius 1 is 1.30 bits per heavy atom. The number of amides is 1. The van der Waals surface area contributed by atoms with Crippen molar-refractivity contribution >= 4 is 11.7 Å². The molecule has 0 saturated heterocycles. The molecule has 2 rings (SSSR count). The van der Waals surface area contributed by atoms with Crippen LogP contribution in [0, 0.1) is 0 Å². The highest BCUT2D eigenvalue weighted by molar-refractivity contribution is 5.98. The number of phenolic OH excluding ortho intramolecular Hbond substituents is 1. The summed E-state index contributed by atoms with van der Waals surface area (Å²) in [7, 11) is 1.58. The Bertz CT molecular complexity index is 614. The maximum Gasteiger partial charge on any atom is 0.254 e. The number of carbonyl (C=O) groups is 1. The van der Waals surface area contributed by atoms with Gasteiger partial charge in [0, 0.05) is 13.2 Å². The first-order valence-corrected chi connectivity index (χ1v) is 6.34. The third kappa shape index (κ3) is 3.06. The molecule has 1 atom stereocenters. The maximum absolute atomic E-state index is 11.8. The van der Waals surface area contributed by atoms with Crippen molar-refractivity contribution in [2.75, 3.05) is 12.4 Å². The minimum Gasteiger partial charge on any atom is -0.508 e. The lowest BCUT2D eigenvalue weighted by Crippen LogP contribution is -2.21. The number of hydrogen-bond acceptors (Lipinski definition) is 4. The van der Waals surface area contributed by atoms with E-state index in [2.05, 4.69) is 15.6 Å². The van der Waals surface area contributed by atoms with Gasteiger partial charge in [-0.05, 0) is 36.8 Å². The van der Waals surface area contributed by atoms with Gasteiger partial charge in [-0.15, -0.1) is 0 Å². The molecule has 0 saturated carbocycles. The number of nitrogens with one attached hydrogen (secondary N) is 2. The van der Waals surface area contributed by atoms with Gasteiger partial charge in [0.25, 0.3) is 5.91 Å². The van der Waals surface area contributed by atoms with Crippen molar-refractivity contribution in [3.63, 3.8) is 0 Å². The lowest BCUT2D eigenvalue weighted by molar-refractivity contribution is 0.0963. The first kappa shape index (κ1) is 13.9. The number of hydrogen-bond donors (Lipinski definition) is 3. The fraction of sp³-hybridized carbons (Fsp3) is 0.200. The number of phenols is 1. The zero-order valence-electron chi connectivity index (χ0n) is 11.4. The van der Waals surface area contributed by atoms with Crippen molar-refractivity contribution in [2.45, 2.75) is 13.0 Å². The van der Waals surface area contributed by atoms with Crippen LogP contribution in [0.5, 0.6) is 5.75 Å². The molecule has 0 spiro atoms. The highest BCUT2D eigenvalue weighted by atomic mass is 16.3. The van der Waals surface area contributed by atoms with E-state index >= 15 is 0 Å². The average molecular weight is 271 g/mol. The molecule has 0 aliphatic carbocycles. The maximum atomic E-state index is 11.8. The molecule has 1 aromatic heterocycles. The Morgan fingerprint density at radius 3 is 2.80 bits per heavy atom. The number of rotatable bonds is 4. The van der Waals surface area contributed by atoms with Crippen LogP contribution < -0.4 is 10.6 Å². The van der Waals surface area contributed by atoms with Gasteiger partial charge in [0.1, 0.15) is 11.6 Å². The van der Waals surface area contributed by atoms with E-state index in [-0.39, 0.29) is 17.7 Å². The van der Waals surface area contributed by atoms with Crippen molar-refractivity contribution < 1.29 is 9.90 Å². The Morgan fingerprint density at radius 2 is 2.10 bits per heavy atom. The van der Waals surface area contributed by atoms with Crippen LogP contribution in [0.1, 0.15) is 28.9 Å². The van der Waals surface area contributed by atoms with Gasteiger partial charge in [0.05, 0.1) is 11.6 Å². The number of carbonyl (C=O) groups excluding carboxylic acids is 1. The molecule has 5 heteroatoms. The number of benzene rings is 1. The largest absolute Gasteiger partial charge is 0.508 e. The minimum absolute atomic E-state index is 0.0830. The third-order valence-corrected chi connectivity index (χ3v) is 3.00. The van der Waals surface area contributed by atoms with Crippen molar-refractivity contribution in [3.8, 4) is 5.75 Å². The van der Waals surface area contributed by atoms with Crippen molar-refractivity contribution in [3.05, 3.63) is 53.7 Å². The molecule has 5 nitrogen and oxygen atoms in total. The molecule has 20 heavy (non-hydrogen) atoms. The molecular weight excluding hydrogens is 254 g/mol. The van der Waals surface area contributed by atoms with Gasteiger partial charge in [-0.3, -0.25) is 4.79 Å². The molecule has 0 radical (unpaired) electrons. The molecule has 1 amide bonds. The Hall–Kier alpha value is -2.56. The van der Waals surface area contributed by atoms with Gasteiger partial charge >= 0.3 is 0 Å². The van der Waals surface area contributed by atoms with Crippen LogP contribution in [-0.4, -0.2) is 23.0 Å². The Labute approximate surface area is 117 Å². The molecule has 0 fully saturated rings. The van der Waals surface area contributed by atoms with Gasteiger partial charge < -0.3 is 15.7 Å². The predicted molar refractivity (Wildman–Crippen MR) is 77.8 cm³/mol. The molecule has 0 aliphatic rings. The van der Waals surface area contributed by atoms with E-state index in [1.165, 1.54) is 0 Å². The normalized spacial score (nSPS) is 11.7. The second-order valence-electron chi connectivity index (χ2n) is 4.44. The fourth-order valence-electron chi connectivity index (χ4n) is 1.92. The number of pyridine rings is 1. The summed E-state index contributed by atoms with van der Waals surface area (Å²) in [6, 6.07) is 10.3. The van der Waals surface area contributed by atoms with E-state index in [9.17, 15) is 9.90 Å². The van der Waals surface area contributed by atoms with Crippen LogP contribution in [0.2, 0.25) is 0 Å². The van der Waals surface area contributed by atoms with E-state index in [1.54, 1.807) is 43.6 Å². The van der Waals surface area contributed by atoms with Gasteiger partial charge in [-0.25, -0.2) is 4.98 Å². The predicted octanol–water partition coefficient (Wildman–Crippen LogP) is 2.32. The summed E-state index contributed by atoms with van der Waals surface area (Å²) in [4.78, 5) is 16.0. The van der Waals surface area contributed by atoms with E-state index < -0.39 is 0 Å². The zero-order chi connectivity index (χ0) is 14.5. The van der Waals surface area contributed by atoms with Crippen LogP contribution in [0.25, 0.3) is 0 Å². The van der Waals surface area contributed by atoms with E-state index in [0.717, 1.165) is 5.56 Å². The average Bonchev–Trinajstić information content (AvgIpc) is 2.47. The molecule has 2 aromatic rings. The monoisotopic (exact) mass is 271 g/mol. The van der Waals surface area contributed by atoms with Gasteiger partial charge in [-0.1, -0.05) is 12.1 Å². The van der Waals surface area contributed by atoms with Gasteiger partial charge in [0.15, 0.2) is 0 Å². The summed E-state index contributed by atoms with van der Waals surface area (Å²) in [5.74, 6) is 0.537. The molecule has 0 bridgehead atoms. The van der Waals surface area contributed by atoms with Crippen LogP contribution in [0.15, 0.2) is 42.6 Å². The molecule has 3 N–H and O–H groups in total. The van der Waals surface area contributed by atoms with Crippen LogP contribution in [0.4, 0.5) is 5.82 Å². The SMILES string of the molecule is CNC(=O)c1cccnc1N[C@@H](C)c1cccc(O)c1. The topological polar surface area (TPSA) is 74.2 Å². The quantitative estimate of drug-likeness (QED) is 0.797. The summed E-state index contributed by atoms with van der Waals surface area (Å²) >= 11 is 0. The molecule has 104 valence electrons. The van der Waals surface area contributed by atoms with E-state index in [1.807, 2.05) is 13.0 Å². The highest BCUT2D eigenvalue weighted by Gasteiger charge is 2.13. The number of aromatic nitrogens is 1. The van der Waals surface area contributed by atoms with Gasteiger partial charge in [-0.2, -0.15) is 0 Å². The van der Waals surface area contributed by atoms with Crippen LogP contribution >= 0.6 is 0 Å². The number of nitrogens with zero attached hydrogens (tertiary/aromatic N) is 1. The summed E-state index contributed by atoms with van der Waals surface area (Å²) in [5, 5.41) is 15.3. The zero-order valence-corrected chi connectivity index (χ0v) is 11.4. The molecule has 1 heterocycles. The summed E-state index contributed by atoms with van der Waals surface area (Å²) in [6.07, 6.45) is 1.63. The Kier molecular flexibility index (Phi) is 4.20. The molecular formula is C15H17N3O2. The number of anilines is 1. The standard InChI is InChI=1S/C15H17N3O2/c1-10(11-5-3-6-12(19)9-11)18-14-13(15(20)16-2)7-4-8-17-14/h3-10,19H,1-2H3,(H,16,20)(H,17,18)/t10-/m0/s1. The second kappa shape index (κ2) is 6.06. The highest BCUT2D eigenvalue weighted by Crippen LogP contribution is 2.22. The van der Waals surface area contributed by atoms with E-state index in [0.29, 0.717) is 11.4 Å². The first-order chi connectivity index (χ1) is 9.61. The number of aromatic hydroxyl groups is 1. The second-order valence-corrected chi connectivity index (χ2v) is 4.44. The first-order valence-electron chi connectivity index (χ1n) is 6.34.